The van der Waals surface area contributed by atoms with Crippen molar-refractivity contribution in [2.75, 3.05) is 12.4 Å². The fraction of sp³-hybridized carbons (Fsp3) is 0.222. The van der Waals surface area contributed by atoms with Crippen LogP contribution in [0.15, 0.2) is 41.4 Å². The van der Waals surface area contributed by atoms with Gasteiger partial charge in [0.2, 0.25) is 0 Å². The molecule has 1 aromatic carbocycles. The van der Waals surface area contributed by atoms with Crippen molar-refractivity contribution in [3.05, 3.63) is 58.3 Å². The molecule has 0 spiro atoms. The van der Waals surface area contributed by atoms with Gasteiger partial charge in [0.25, 0.3) is 5.95 Å². The topological polar surface area (TPSA) is 124 Å². The maximum Gasteiger partial charge on any atom is 0.339 e. The lowest BCUT2D eigenvalue weighted by atomic mass is 10.1. The van der Waals surface area contributed by atoms with Gasteiger partial charge in [-0.05, 0) is 53.5 Å². The minimum Gasteiger partial charge on any atom is -0.465 e. The van der Waals surface area contributed by atoms with Crippen LogP contribution in [-0.4, -0.2) is 43.8 Å². The van der Waals surface area contributed by atoms with E-state index < -0.39 is 18.0 Å². The van der Waals surface area contributed by atoms with Crippen molar-refractivity contribution in [2.45, 2.75) is 19.9 Å². The van der Waals surface area contributed by atoms with Crippen molar-refractivity contribution in [3.63, 3.8) is 0 Å². The Morgan fingerprint density at radius 2 is 1.93 bits per heavy atom. The molecule has 0 unspecified atom stereocenters. The number of benzene rings is 1. The number of methoxy groups -OCH3 is 1. The molecule has 2 aromatic heterocycles. The van der Waals surface area contributed by atoms with Gasteiger partial charge in [0.1, 0.15) is 6.33 Å². The van der Waals surface area contributed by atoms with E-state index in [1.807, 2.05) is 6.92 Å². The Hall–Kier alpha value is -3.34. The molecule has 0 fully saturated rings. The summed E-state index contributed by atoms with van der Waals surface area (Å²) in [5.74, 6) is 0.305. The van der Waals surface area contributed by atoms with Gasteiger partial charge >= 0.3 is 12.0 Å². The van der Waals surface area contributed by atoms with Gasteiger partial charge in [0.15, 0.2) is 5.82 Å². The lowest BCUT2D eigenvalue weighted by Gasteiger charge is -2.16. The first-order chi connectivity index (χ1) is 13.9. The lowest BCUT2D eigenvalue weighted by Crippen LogP contribution is -2.33. The summed E-state index contributed by atoms with van der Waals surface area (Å²) in [6.07, 6.45) is 4.55. The summed E-state index contributed by atoms with van der Waals surface area (Å²) in [7, 11) is 1.29. The number of carbonyl (C=O) groups is 2. The molecule has 0 saturated carbocycles. The first-order valence-electron chi connectivity index (χ1n) is 8.54. The summed E-state index contributed by atoms with van der Waals surface area (Å²) in [6, 6.07) is 4.02. The molecule has 0 radical (unpaired) electrons. The predicted octanol–water partition coefficient (Wildman–Crippen LogP) is 2.80. The smallest absolute Gasteiger partial charge is 0.339 e. The molecule has 11 heteroatoms. The molecular weight excluding hydrogens is 442 g/mol. The number of nitrogens with one attached hydrogen (secondary N) is 2. The van der Waals surface area contributed by atoms with E-state index in [4.69, 9.17) is 4.74 Å². The van der Waals surface area contributed by atoms with Crippen LogP contribution in [0.2, 0.25) is 0 Å². The molecule has 0 aliphatic rings. The Morgan fingerprint density at radius 1 is 1.21 bits per heavy atom. The Kier molecular flexibility index (Phi) is 6.17. The molecule has 0 saturated heterocycles. The molecule has 3 rings (SSSR count). The highest BCUT2D eigenvalue weighted by Gasteiger charge is 2.19. The van der Waals surface area contributed by atoms with Crippen LogP contribution in [0.1, 0.15) is 34.7 Å². The molecular formula is C18H18BrN7O3. The monoisotopic (exact) mass is 459 g/mol. The molecule has 150 valence electrons. The van der Waals surface area contributed by atoms with Gasteiger partial charge in [-0.1, -0.05) is 0 Å². The molecule has 10 nitrogen and oxygen atoms in total. The first-order valence-corrected chi connectivity index (χ1v) is 9.33. The second-order valence-corrected chi connectivity index (χ2v) is 6.89. The number of urea groups is 1. The fourth-order valence-electron chi connectivity index (χ4n) is 2.59. The average Bonchev–Trinajstić information content (AvgIpc) is 3.20. The standard InChI is InChI=1S/C18H18BrN7O3/c1-10-7-13(19)12(16(27)29-3)8-14(10)25-18(28)24-11(2)15-22-9-23-26(15)17-20-5-4-6-21-17/h4-9,11H,1-3H3,(H2,24,25,28)/t11-/m0/s1. The van der Waals surface area contributed by atoms with Crippen LogP contribution in [0.25, 0.3) is 5.95 Å². The van der Waals surface area contributed by atoms with Crippen molar-refractivity contribution >= 4 is 33.6 Å². The molecule has 2 heterocycles. The largest absolute Gasteiger partial charge is 0.465 e. The van der Waals surface area contributed by atoms with Crippen LogP contribution in [0.3, 0.4) is 0 Å². The first kappa shape index (κ1) is 20.4. The third kappa shape index (κ3) is 4.57. The van der Waals surface area contributed by atoms with Crippen LogP contribution in [-0.2, 0) is 4.74 Å². The van der Waals surface area contributed by atoms with E-state index in [2.05, 4.69) is 46.6 Å². The maximum atomic E-state index is 12.5. The zero-order valence-electron chi connectivity index (χ0n) is 15.9. The number of carbonyl (C=O) groups excluding carboxylic acids is 2. The lowest BCUT2D eigenvalue weighted by molar-refractivity contribution is 0.0599. The summed E-state index contributed by atoms with van der Waals surface area (Å²) >= 11 is 3.33. The van der Waals surface area contributed by atoms with Crippen LogP contribution in [0.5, 0.6) is 0 Å². The minimum atomic E-state index is -0.510. The van der Waals surface area contributed by atoms with Crippen molar-refractivity contribution in [2.24, 2.45) is 0 Å². The molecule has 2 N–H and O–H groups in total. The second kappa shape index (κ2) is 8.78. The van der Waals surface area contributed by atoms with E-state index in [0.29, 0.717) is 27.5 Å². The van der Waals surface area contributed by atoms with Gasteiger partial charge in [0, 0.05) is 22.6 Å². The molecule has 1 atom stereocenters. The molecule has 0 aliphatic carbocycles. The van der Waals surface area contributed by atoms with Gasteiger partial charge in [-0.15, -0.1) is 0 Å². The van der Waals surface area contributed by atoms with E-state index >= 15 is 0 Å². The average molecular weight is 460 g/mol. The van der Waals surface area contributed by atoms with E-state index in [1.165, 1.54) is 18.1 Å². The summed E-state index contributed by atoms with van der Waals surface area (Å²) in [4.78, 5) is 36.9. The number of halogens is 1. The SMILES string of the molecule is COC(=O)c1cc(NC(=O)N[C@@H](C)c2ncnn2-c2ncccn2)c(C)cc1Br. The summed E-state index contributed by atoms with van der Waals surface area (Å²) in [5, 5.41) is 9.65. The quantitative estimate of drug-likeness (QED) is 0.561. The number of nitrogens with zero attached hydrogens (tertiary/aromatic N) is 5. The van der Waals surface area contributed by atoms with Crippen molar-refractivity contribution < 1.29 is 14.3 Å². The summed E-state index contributed by atoms with van der Waals surface area (Å²) in [6.45, 7) is 3.57. The fourth-order valence-corrected chi connectivity index (χ4v) is 3.21. The summed E-state index contributed by atoms with van der Waals surface area (Å²) < 4.78 is 6.79. The van der Waals surface area contributed by atoms with Crippen molar-refractivity contribution in [1.29, 1.82) is 0 Å². The summed E-state index contributed by atoms with van der Waals surface area (Å²) in [5.41, 5.74) is 1.56. The Bertz CT molecular complexity index is 1040. The molecule has 29 heavy (non-hydrogen) atoms. The van der Waals surface area contributed by atoms with E-state index in [1.54, 1.807) is 37.5 Å². The minimum absolute atomic E-state index is 0.308. The van der Waals surface area contributed by atoms with Gasteiger partial charge in [-0.3, -0.25) is 0 Å². The van der Waals surface area contributed by atoms with Gasteiger partial charge < -0.3 is 15.4 Å². The van der Waals surface area contributed by atoms with Gasteiger partial charge in [-0.2, -0.15) is 9.78 Å². The number of esters is 1. The zero-order chi connectivity index (χ0) is 21.0. The van der Waals surface area contributed by atoms with E-state index in [-0.39, 0.29) is 0 Å². The Balaban J connectivity index is 1.75. The maximum absolute atomic E-state index is 12.5. The number of aromatic nitrogens is 5. The predicted molar refractivity (Wildman–Crippen MR) is 108 cm³/mol. The highest BCUT2D eigenvalue weighted by molar-refractivity contribution is 9.10. The Labute approximate surface area is 174 Å². The zero-order valence-corrected chi connectivity index (χ0v) is 17.5. The highest BCUT2D eigenvalue weighted by atomic mass is 79.9. The molecule has 0 bridgehead atoms. The number of amides is 2. The number of rotatable bonds is 5. The highest BCUT2D eigenvalue weighted by Crippen LogP contribution is 2.26. The second-order valence-electron chi connectivity index (χ2n) is 6.04. The third-order valence-electron chi connectivity index (χ3n) is 4.02. The van der Waals surface area contributed by atoms with Gasteiger partial charge in [-0.25, -0.2) is 24.5 Å². The third-order valence-corrected chi connectivity index (χ3v) is 4.67. The van der Waals surface area contributed by atoms with Crippen LogP contribution in [0, 0.1) is 6.92 Å². The van der Waals surface area contributed by atoms with Crippen LogP contribution in [0.4, 0.5) is 10.5 Å². The number of hydrogen-bond acceptors (Lipinski definition) is 7. The molecule has 3 aromatic rings. The van der Waals surface area contributed by atoms with E-state index in [0.717, 1.165) is 5.56 Å². The normalized spacial score (nSPS) is 11.6. The van der Waals surface area contributed by atoms with Crippen molar-refractivity contribution in [1.82, 2.24) is 30.0 Å². The number of anilines is 1. The van der Waals surface area contributed by atoms with Crippen molar-refractivity contribution in [3.8, 4) is 5.95 Å². The number of ether oxygens (including phenoxy) is 1. The van der Waals surface area contributed by atoms with E-state index in [9.17, 15) is 9.59 Å². The Morgan fingerprint density at radius 3 is 2.62 bits per heavy atom. The molecule has 0 aliphatic heterocycles. The number of hydrogen-bond donors (Lipinski definition) is 2. The number of aryl methyl sites for hydroxylation is 1. The van der Waals surface area contributed by atoms with Crippen LogP contribution < -0.4 is 10.6 Å². The van der Waals surface area contributed by atoms with Gasteiger partial charge in [0.05, 0.1) is 18.7 Å². The molecule has 2 amide bonds. The van der Waals surface area contributed by atoms with Crippen LogP contribution >= 0.6 is 15.9 Å².